The first kappa shape index (κ1) is 12.7. The molecule has 3 heteroatoms. The van der Waals surface area contributed by atoms with Crippen LogP contribution >= 0.6 is 0 Å². The molecule has 1 aromatic carbocycles. The Morgan fingerprint density at radius 3 is 2.44 bits per heavy atom. The van der Waals surface area contributed by atoms with Crippen molar-refractivity contribution < 1.29 is 0 Å². The molecule has 0 unspecified atom stereocenters. The molecule has 1 aromatic heterocycles. The Morgan fingerprint density at radius 1 is 1.17 bits per heavy atom. The minimum atomic E-state index is 0.847. The molecule has 0 saturated carbocycles. The maximum absolute atomic E-state index is 6.16. The van der Waals surface area contributed by atoms with Crippen molar-refractivity contribution in [1.29, 1.82) is 0 Å². The third-order valence-electron chi connectivity index (χ3n) is 3.35. The predicted octanol–water partition coefficient (Wildman–Crippen LogP) is 3.20. The zero-order chi connectivity index (χ0) is 13.3. The van der Waals surface area contributed by atoms with Crippen LogP contribution in [0.5, 0.6) is 0 Å². The molecule has 96 valence electrons. The van der Waals surface area contributed by atoms with Gasteiger partial charge < -0.3 is 5.73 Å². The van der Waals surface area contributed by atoms with Crippen LogP contribution in [0.1, 0.15) is 36.4 Å². The summed E-state index contributed by atoms with van der Waals surface area (Å²) in [6.07, 6.45) is 1.77. The monoisotopic (exact) mass is 243 g/mol. The average Bonchev–Trinajstić information content (AvgIpc) is 2.65. The fourth-order valence-corrected chi connectivity index (χ4v) is 2.36. The van der Waals surface area contributed by atoms with Gasteiger partial charge in [0.1, 0.15) is 0 Å². The summed E-state index contributed by atoms with van der Waals surface area (Å²) in [5.74, 6) is 0. The Balaban J connectivity index is 2.63. The number of nitrogen functional groups attached to an aromatic ring is 1. The van der Waals surface area contributed by atoms with E-state index in [0.29, 0.717) is 0 Å². The number of hydrogen-bond acceptors (Lipinski definition) is 2. The van der Waals surface area contributed by atoms with Crippen LogP contribution < -0.4 is 5.73 Å². The van der Waals surface area contributed by atoms with E-state index in [0.717, 1.165) is 35.6 Å². The predicted molar refractivity (Wildman–Crippen MR) is 76.2 cm³/mol. The normalized spacial score (nSPS) is 10.9. The smallest absolute Gasteiger partial charge is 0.0858 e. The van der Waals surface area contributed by atoms with E-state index in [1.54, 1.807) is 0 Å². The van der Waals surface area contributed by atoms with Crippen LogP contribution in [0.25, 0.3) is 5.69 Å². The Labute approximate surface area is 109 Å². The van der Waals surface area contributed by atoms with Crippen molar-refractivity contribution in [3.8, 4) is 5.69 Å². The molecule has 0 aliphatic rings. The molecule has 0 radical (unpaired) electrons. The molecule has 0 atom stereocenters. The van der Waals surface area contributed by atoms with Gasteiger partial charge in [0, 0.05) is 0 Å². The second-order valence-electron chi connectivity index (χ2n) is 4.72. The fourth-order valence-electron chi connectivity index (χ4n) is 2.36. The van der Waals surface area contributed by atoms with E-state index in [1.807, 2.05) is 4.68 Å². The van der Waals surface area contributed by atoms with Gasteiger partial charge in [0.15, 0.2) is 0 Å². The molecular formula is C15H21N3. The van der Waals surface area contributed by atoms with Crippen molar-refractivity contribution in [2.24, 2.45) is 0 Å². The molecule has 0 aliphatic carbocycles. The van der Waals surface area contributed by atoms with E-state index in [2.05, 4.69) is 51.0 Å². The maximum atomic E-state index is 6.16. The Bertz CT molecular complexity index is 567. The number of aromatic nitrogens is 2. The van der Waals surface area contributed by atoms with Crippen LogP contribution in [0.2, 0.25) is 0 Å². The van der Waals surface area contributed by atoms with Crippen molar-refractivity contribution in [2.75, 3.05) is 5.73 Å². The summed E-state index contributed by atoms with van der Waals surface area (Å²) in [6.45, 7) is 8.43. The Kier molecular flexibility index (Phi) is 3.41. The summed E-state index contributed by atoms with van der Waals surface area (Å²) in [7, 11) is 0. The third kappa shape index (κ3) is 2.01. The van der Waals surface area contributed by atoms with Crippen molar-refractivity contribution in [3.63, 3.8) is 0 Å². The molecule has 1 heterocycles. The summed E-state index contributed by atoms with van der Waals surface area (Å²) in [6, 6.07) is 6.42. The third-order valence-corrected chi connectivity index (χ3v) is 3.35. The molecule has 0 aliphatic heterocycles. The van der Waals surface area contributed by atoms with E-state index in [4.69, 9.17) is 5.73 Å². The maximum Gasteiger partial charge on any atom is 0.0858 e. The van der Waals surface area contributed by atoms with Crippen LogP contribution in [-0.4, -0.2) is 9.78 Å². The number of nitrogens with zero attached hydrogens (tertiary/aromatic N) is 2. The van der Waals surface area contributed by atoms with E-state index in [1.165, 1.54) is 11.1 Å². The quantitative estimate of drug-likeness (QED) is 0.899. The number of nitrogens with two attached hydrogens (primary N) is 1. The van der Waals surface area contributed by atoms with Crippen molar-refractivity contribution in [3.05, 3.63) is 40.7 Å². The van der Waals surface area contributed by atoms with E-state index in [-0.39, 0.29) is 0 Å². The average molecular weight is 243 g/mol. The van der Waals surface area contributed by atoms with Gasteiger partial charge in [0.05, 0.1) is 22.8 Å². The first-order valence-corrected chi connectivity index (χ1v) is 6.52. The first-order chi connectivity index (χ1) is 8.58. The number of aryl methyl sites for hydroxylation is 3. The van der Waals surface area contributed by atoms with Gasteiger partial charge in [0.25, 0.3) is 0 Å². The minimum absolute atomic E-state index is 0.847. The molecule has 0 spiro atoms. The van der Waals surface area contributed by atoms with Gasteiger partial charge in [-0.05, 0) is 38.3 Å². The number of rotatable bonds is 3. The van der Waals surface area contributed by atoms with Gasteiger partial charge in [-0.25, -0.2) is 4.68 Å². The summed E-state index contributed by atoms with van der Waals surface area (Å²) in [5, 5.41) is 4.65. The second kappa shape index (κ2) is 4.84. The number of anilines is 1. The highest BCUT2D eigenvalue weighted by atomic mass is 15.3. The number of hydrogen-bond donors (Lipinski definition) is 1. The molecule has 2 aromatic rings. The van der Waals surface area contributed by atoms with Crippen LogP contribution in [0, 0.1) is 13.8 Å². The molecule has 0 fully saturated rings. The molecular weight excluding hydrogens is 222 g/mol. The lowest BCUT2D eigenvalue weighted by Gasteiger charge is -2.10. The van der Waals surface area contributed by atoms with Gasteiger partial charge in [-0.3, -0.25) is 0 Å². The Morgan fingerprint density at radius 2 is 1.89 bits per heavy atom. The standard InChI is InChI=1S/C15H21N3/c1-5-12-15(16)13(6-2)18(17-12)14-8-7-10(3)9-11(14)4/h7-9H,5-6,16H2,1-4H3. The van der Waals surface area contributed by atoms with Crippen molar-refractivity contribution in [1.82, 2.24) is 9.78 Å². The first-order valence-electron chi connectivity index (χ1n) is 6.52. The topological polar surface area (TPSA) is 43.8 Å². The molecule has 0 amide bonds. The second-order valence-corrected chi connectivity index (χ2v) is 4.72. The van der Waals surface area contributed by atoms with Gasteiger partial charge in [-0.15, -0.1) is 0 Å². The summed E-state index contributed by atoms with van der Waals surface area (Å²) >= 11 is 0. The van der Waals surface area contributed by atoms with Gasteiger partial charge >= 0.3 is 0 Å². The van der Waals surface area contributed by atoms with Gasteiger partial charge in [0.2, 0.25) is 0 Å². The summed E-state index contributed by atoms with van der Waals surface area (Å²) < 4.78 is 2.00. The minimum Gasteiger partial charge on any atom is -0.396 e. The lowest BCUT2D eigenvalue weighted by Crippen LogP contribution is -2.04. The summed E-state index contributed by atoms with van der Waals surface area (Å²) in [4.78, 5) is 0. The van der Waals surface area contributed by atoms with Crippen LogP contribution in [0.4, 0.5) is 5.69 Å². The Hall–Kier alpha value is -1.77. The van der Waals surface area contributed by atoms with Crippen LogP contribution in [0.15, 0.2) is 18.2 Å². The molecule has 3 nitrogen and oxygen atoms in total. The zero-order valence-corrected chi connectivity index (χ0v) is 11.6. The van der Waals surface area contributed by atoms with E-state index in [9.17, 15) is 0 Å². The molecule has 0 saturated heterocycles. The van der Waals surface area contributed by atoms with Crippen LogP contribution in [-0.2, 0) is 12.8 Å². The summed E-state index contributed by atoms with van der Waals surface area (Å²) in [5.41, 5.74) is 12.7. The highest BCUT2D eigenvalue weighted by Gasteiger charge is 2.14. The number of benzene rings is 1. The van der Waals surface area contributed by atoms with E-state index < -0.39 is 0 Å². The molecule has 18 heavy (non-hydrogen) atoms. The molecule has 2 rings (SSSR count). The van der Waals surface area contributed by atoms with Gasteiger partial charge in [-0.1, -0.05) is 31.5 Å². The largest absolute Gasteiger partial charge is 0.396 e. The molecule has 2 N–H and O–H groups in total. The van der Waals surface area contributed by atoms with Crippen molar-refractivity contribution in [2.45, 2.75) is 40.5 Å². The van der Waals surface area contributed by atoms with E-state index >= 15 is 0 Å². The highest BCUT2D eigenvalue weighted by Crippen LogP contribution is 2.24. The fraction of sp³-hybridized carbons (Fsp3) is 0.400. The molecule has 0 bridgehead atoms. The zero-order valence-electron chi connectivity index (χ0n) is 11.6. The van der Waals surface area contributed by atoms with Crippen molar-refractivity contribution >= 4 is 5.69 Å². The highest BCUT2D eigenvalue weighted by molar-refractivity contribution is 5.53. The van der Waals surface area contributed by atoms with Crippen LogP contribution in [0.3, 0.4) is 0 Å². The van der Waals surface area contributed by atoms with Gasteiger partial charge in [-0.2, -0.15) is 5.10 Å². The lowest BCUT2D eigenvalue weighted by atomic mass is 10.1. The SMILES string of the molecule is CCc1nn(-c2ccc(C)cc2C)c(CC)c1N. The lowest BCUT2D eigenvalue weighted by molar-refractivity contribution is 0.789.